The number of aliphatic hydroxyl groups excluding tert-OH is 10. The number of aromatic nitrogens is 20. The van der Waals surface area contributed by atoms with E-state index < -0.39 is 328 Å². The highest BCUT2D eigenvalue weighted by molar-refractivity contribution is 7.99. The van der Waals surface area contributed by atoms with Gasteiger partial charge in [-0.3, -0.25) is 0 Å². The maximum Gasteiger partial charge on any atom is 0.191 e. The van der Waals surface area contributed by atoms with Crippen LogP contribution in [0.15, 0.2) is 93.1 Å². The highest BCUT2D eigenvalue weighted by Crippen LogP contribution is 2.50. The van der Waals surface area contributed by atoms with Crippen molar-refractivity contribution in [1.82, 2.24) is 99.8 Å². The third-order valence-corrected chi connectivity index (χ3v) is 28.1. The van der Waals surface area contributed by atoms with Crippen molar-refractivity contribution in [2.75, 3.05) is 96.9 Å². The fraction of sp³-hybridized carbons (Fsp3) is 0.583. The number of rotatable bonds is 40. The van der Waals surface area contributed by atoms with Gasteiger partial charge in [-0.1, -0.05) is 144 Å². The van der Waals surface area contributed by atoms with E-state index in [-0.39, 0.29) is 150 Å². The molecule has 24 atom stereocenters. The molecule has 4 aromatic carbocycles. The lowest BCUT2D eigenvalue weighted by Gasteiger charge is -2.17. The van der Waals surface area contributed by atoms with Gasteiger partial charge >= 0.3 is 0 Å². The summed E-state index contributed by atoms with van der Waals surface area (Å²) in [4.78, 5) is 35.8. The van der Waals surface area contributed by atoms with Crippen molar-refractivity contribution in [2.24, 2.45) is 0 Å². The van der Waals surface area contributed by atoms with Gasteiger partial charge in [-0.25, -0.2) is 76.2 Å². The first-order valence-corrected chi connectivity index (χ1v) is 49.8. The molecular formula is C96H124F4N24O16S4. The van der Waals surface area contributed by atoms with E-state index in [9.17, 15) is 73.7 Å². The molecule has 0 amide bonds. The maximum atomic E-state index is 14.8. The van der Waals surface area contributed by atoms with Crippen LogP contribution in [0.5, 0.6) is 0 Å². The molecule has 8 saturated carbocycles. The molecule has 0 spiro atoms. The topological polar surface area (TPSA) is 554 Å². The van der Waals surface area contributed by atoms with Crippen LogP contribution in [-0.2, 0) is 18.9 Å². The number of thioether (sulfide) groups is 4. The minimum atomic E-state index is -3.43. The van der Waals surface area contributed by atoms with Gasteiger partial charge in [-0.15, -0.1) is 20.4 Å². The molecule has 776 valence electrons. The van der Waals surface area contributed by atoms with Crippen molar-refractivity contribution < 1.29 is 142 Å². The summed E-state index contributed by atoms with van der Waals surface area (Å²) in [5, 5.41) is 168. The largest absolute Gasteiger partial charge is 0.394 e. The Bertz CT molecular complexity index is 8140. The van der Waals surface area contributed by atoms with Crippen LogP contribution in [-0.4, -0.2) is 334 Å². The summed E-state index contributed by atoms with van der Waals surface area (Å²) in [7, 11) is 0. The number of nitrogens with one attached hydrogen (secondary N) is 4. The van der Waals surface area contributed by atoms with Gasteiger partial charge in [0.25, 0.3) is 0 Å². The van der Waals surface area contributed by atoms with E-state index in [4.69, 9.17) is 67.9 Å². The van der Waals surface area contributed by atoms with Gasteiger partial charge in [-0.05, 0) is 148 Å². The van der Waals surface area contributed by atoms with Crippen LogP contribution in [0.1, 0.15) is 241 Å². The van der Waals surface area contributed by atoms with E-state index >= 15 is 0 Å². The van der Waals surface area contributed by atoms with E-state index in [1.807, 2.05) is 27.7 Å². The van der Waals surface area contributed by atoms with Crippen molar-refractivity contribution >= 4 is 115 Å². The average Bonchev–Trinajstić information content (AvgIpc) is 1.51. The van der Waals surface area contributed by atoms with Crippen molar-refractivity contribution in [2.45, 2.75) is 298 Å². The molecule has 0 radical (unpaired) electrons. The Kier molecular flexibility index (Phi) is 23.7. The first-order chi connectivity index (χ1) is 82.0. The molecule has 8 aliphatic carbocycles. The Morgan fingerprint density at radius 2 is 0.618 bits per heavy atom. The molecule has 0 saturated heterocycles. The number of aliphatic hydroxyl groups is 12. The van der Waals surface area contributed by atoms with Crippen molar-refractivity contribution in [3.63, 3.8) is 0 Å². The van der Waals surface area contributed by atoms with Crippen LogP contribution in [0.3, 0.4) is 0 Å². The number of hydrogen-bond acceptors (Lipinski definition) is 40. The molecule has 48 heteroatoms. The lowest BCUT2D eigenvalue weighted by Crippen LogP contribution is -2.33. The van der Waals surface area contributed by atoms with Crippen LogP contribution >= 0.6 is 47.0 Å². The van der Waals surface area contributed by atoms with E-state index in [0.29, 0.717) is 29.4 Å². The summed E-state index contributed by atoms with van der Waals surface area (Å²) in [5.41, 5.74) is -2.91. The molecule has 0 aliphatic heterocycles. The van der Waals surface area contributed by atoms with Gasteiger partial charge < -0.3 is 101 Å². The van der Waals surface area contributed by atoms with Crippen molar-refractivity contribution in [3.8, 4) is 0 Å². The zero-order valence-corrected chi connectivity index (χ0v) is 81.2. The van der Waals surface area contributed by atoms with Crippen molar-refractivity contribution in [3.05, 3.63) is 140 Å². The number of ether oxygens (including phenoxy) is 4. The Hall–Kier alpha value is -9.52. The molecule has 12 aromatic rings. The molecule has 0 bridgehead atoms. The molecule has 0 unspecified atom stereocenters. The van der Waals surface area contributed by atoms with E-state index in [2.05, 4.69) is 102 Å². The van der Waals surface area contributed by atoms with Gasteiger partial charge in [0, 0.05) is 113 Å². The zero-order valence-electron chi connectivity index (χ0n) is 110. The molecule has 8 aromatic heterocycles. The molecule has 144 heavy (non-hydrogen) atoms. The molecule has 8 fully saturated rings. The van der Waals surface area contributed by atoms with Crippen LogP contribution < -0.4 is 21.3 Å². The predicted molar refractivity (Wildman–Crippen MR) is 530 cm³/mol. The normalized spacial score (nSPS) is 34.7. The zero-order chi connectivity index (χ0) is 130. The Morgan fingerprint density at radius 3 is 0.861 bits per heavy atom. The SMILES string of the molecule is [2H]c1c([2H])c([C@@]2([2H])[C@H](Nc3nc(SCCC)nc4c3nnn4[C@@H]3C[C@H](OC([2H])([2H])C([2H])([2H])O)[C@@H](O)[C@H]3O)C2([2H])[2H])c([2H])c(F)c1C.[2H]c1c([2H])c([C@@]2([2H])[C@H](Nc3nc(SCCC)nc4c3nnn4[C@@H]3C[C@H](OC([2H])([2H])CO)[C@@H](O)[C@H]3O)C2([2H])[2H])c([2H])c(F)c1C.[2H]c1c([2H])c([C@@]2([2H])[C@H](Nc3nc(SCCC)nc4c3nnn4[C@@H]3C[C@H](OCC([2H])([2H])O)[C@@H](O)[C@H]3O)C2([2H])[2H])c([2H])c(F)c1C.[2H]c1c([2H])c([C@@]2([2H])[C@H](Nc3nc(SCCC)nc4c3nnn4[C@@H]3C[C@H](OCCO)[C@@H](O)[C@H]3O)C2([2H])[2H])c([2H])c(F)c1C. The van der Waals surface area contributed by atoms with Gasteiger partial charge in [0.2, 0.25) is 0 Å². The second-order valence-electron chi connectivity index (χ2n) is 34.0. The lowest BCUT2D eigenvalue weighted by molar-refractivity contribution is -0.0629. The number of benzene rings is 4. The standard InChI is InChI=1S/4C24H31FN6O4S/c4*1-3-8-36-24-27-22(26-16-10-14(16)13-5-4-12(2)15(25)9-13)19-23(28-24)31(30-29-19)17-11-18(35-7-6-32)21(34)20(17)33/h4*4-5,9,14,16-18,20-21,32-34H,3,6-8,10-11H2,1-2H3,(H,26,27,28)/t4*14-,16+,17+,18-,20-,21+/m0000/s1/i4D,5D,6D2,7D2,9D,10D2,14D;4D,5D,7D2,9D,10D2,14D;4D,5D,6D2,9D,10D2,14D;4D,5D,9D,10D2,14D. The highest BCUT2D eigenvalue weighted by Gasteiger charge is 2.51. The Labute approximate surface area is 888 Å². The summed E-state index contributed by atoms with van der Waals surface area (Å²) in [6.45, 7) is -1.12. The third-order valence-electron chi connectivity index (χ3n) is 23.9. The van der Waals surface area contributed by atoms with E-state index in [1.165, 1.54) is 88.8 Å². The monoisotopic (exact) mass is 2110 g/mol. The Morgan fingerprint density at radius 1 is 0.361 bits per heavy atom. The lowest BCUT2D eigenvalue weighted by atomic mass is 10.1. The summed E-state index contributed by atoms with van der Waals surface area (Å²) in [5.74, 6) is -11.6. The van der Waals surface area contributed by atoms with Crippen LogP contribution in [0.4, 0.5) is 40.8 Å². The smallest absolute Gasteiger partial charge is 0.191 e. The van der Waals surface area contributed by atoms with E-state index in [0.717, 1.165) is 23.9 Å². The molecule has 8 heterocycles. The highest BCUT2D eigenvalue weighted by atomic mass is 32.2. The van der Waals surface area contributed by atoms with Crippen LogP contribution in [0, 0.1) is 51.0 Å². The molecule has 16 N–H and O–H groups in total. The van der Waals surface area contributed by atoms with Crippen molar-refractivity contribution in [1.29, 1.82) is 0 Å². The van der Waals surface area contributed by atoms with Crippen LogP contribution in [0.2, 0.25) is 0 Å². The number of nitrogens with zero attached hydrogens (tertiary/aromatic N) is 20. The van der Waals surface area contributed by atoms with Gasteiger partial charge in [0.15, 0.2) is 88.6 Å². The number of halogens is 4. The number of fused-ring (bicyclic) bond motifs is 4. The minimum Gasteiger partial charge on any atom is -0.394 e. The summed E-state index contributed by atoms with van der Waals surface area (Å²) < 4.78 is 348. The second-order valence-corrected chi connectivity index (χ2v) is 38.3. The predicted octanol–water partition coefficient (Wildman–Crippen LogP) is 8.73. The van der Waals surface area contributed by atoms with Gasteiger partial charge in [0.1, 0.15) is 72.1 Å². The molecule has 40 nitrogen and oxygen atoms in total. The average molecular weight is 2110 g/mol. The number of anilines is 4. The van der Waals surface area contributed by atoms with Gasteiger partial charge in [0.05, 0.1) is 129 Å². The molecule has 8 aliphatic rings. The van der Waals surface area contributed by atoms with Crippen LogP contribution in [0.25, 0.3) is 44.7 Å². The maximum absolute atomic E-state index is 14.8. The fourth-order valence-corrected chi connectivity index (χ4v) is 19.0. The number of hydrogen-bond donors (Lipinski definition) is 16. The summed E-state index contributed by atoms with van der Waals surface area (Å²) >= 11 is 5.02. The molecule has 20 rings (SSSR count). The first-order valence-electron chi connectivity index (χ1n) is 61.8. The second kappa shape index (κ2) is 47.3. The minimum absolute atomic E-state index is 0.00102. The molecular weight excluding hydrogens is 1950 g/mol. The van der Waals surface area contributed by atoms with Gasteiger partial charge in [-0.2, -0.15) is 0 Å². The summed E-state index contributed by atoms with van der Waals surface area (Å²) in [6.07, 6.45) is -23.4. The third kappa shape index (κ3) is 23.8. The first kappa shape index (κ1) is 72.0. The quantitative estimate of drug-likeness (QED) is 0.00969. The summed E-state index contributed by atoms with van der Waals surface area (Å²) in [6, 6.07) is -17.6. The van der Waals surface area contributed by atoms with E-state index in [1.54, 1.807) is 0 Å². The fourth-order valence-electron chi connectivity index (χ4n) is 16.2. The Balaban J connectivity index is 0.000000155.